The van der Waals surface area contributed by atoms with E-state index in [1.54, 1.807) is 0 Å². The molecule has 0 fully saturated rings. The average Bonchev–Trinajstić information content (AvgIpc) is 2.63. The van der Waals surface area contributed by atoms with Gasteiger partial charge in [0.15, 0.2) is 0 Å². The Bertz CT molecular complexity index is 420. The maximum Gasteiger partial charge on any atom is 0.303 e. The van der Waals surface area contributed by atoms with Crippen LogP contribution in [0.5, 0.6) is 0 Å². The minimum Gasteiger partial charge on any atom is -0.481 e. The lowest BCUT2D eigenvalue weighted by atomic mass is 9.99. The zero-order valence-corrected chi connectivity index (χ0v) is 10.8. The standard InChI is InChI=1S/C12H18N2O4/c1-7(12-8(2)14-18-9(12)3)6-13-10(15)4-5-11(16)17/h7H,4-6H2,1-3H3,(H,13,15)(H,16,17). The van der Waals surface area contributed by atoms with Gasteiger partial charge in [-0.2, -0.15) is 0 Å². The van der Waals surface area contributed by atoms with Crippen LogP contribution in [0.25, 0.3) is 0 Å². The second-order valence-electron chi connectivity index (χ2n) is 4.34. The van der Waals surface area contributed by atoms with E-state index in [1.807, 2.05) is 20.8 Å². The predicted octanol–water partition coefficient (Wildman–Crippen LogP) is 1.38. The number of rotatable bonds is 6. The summed E-state index contributed by atoms with van der Waals surface area (Å²) in [6, 6.07) is 0. The lowest BCUT2D eigenvalue weighted by Gasteiger charge is -2.12. The quantitative estimate of drug-likeness (QED) is 0.800. The van der Waals surface area contributed by atoms with E-state index in [1.165, 1.54) is 0 Å². The molecule has 1 aromatic heterocycles. The fourth-order valence-corrected chi connectivity index (χ4v) is 1.87. The Kier molecular flexibility index (Phi) is 4.88. The van der Waals surface area contributed by atoms with Gasteiger partial charge in [-0.05, 0) is 13.8 Å². The van der Waals surface area contributed by atoms with Crippen LogP contribution < -0.4 is 5.32 Å². The molecule has 1 unspecified atom stereocenters. The van der Waals surface area contributed by atoms with E-state index in [0.29, 0.717) is 6.54 Å². The van der Waals surface area contributed by atoms with Crippen molar-refractivity contribution >= 4 is 11.9 Å². The first-order valence-electron chi connectivity index (χ1n) is 5.83. The van der Waals surface area contributed by atoms with Crippen LogP contribution in [-0.4, -0.2) is 28.7 Å². The molecule has 6 heteroatoms. The van der Waals surface area contributed by atoms with Crippen molar-refractivity contribution in [1.29, 1.82) is 0 Å². The predicted molar refractivity (Wildman–Crippen MR) is 64.3 cm³/mol. The summed E-state index contributed by atoms with van der Waals surface area (Å²) in [6.07, 6.45) is -0.144. The van der Waals surface area contributed by atoms with Crippen molar-refractivity contribution in [3.05, 3.63) is 17.0 Å². The molecule has 0 aliphatic rings. The third-order valence-corrected chi connectivity index (χ3v) is 2.75. The molecule has 2 N–H and O–H groups in total. The molecule has 0 radical (unpaired) electrons. The van der Waals surface area contributed by atoms with E-state index >= 15 is 0 Å². The summed E-state index contributed by atoms with van der Waals surface area (Å²) in [5.74, 6) is -0.384. The molecule has 1 amide bonds. The molecule has 0 saturated carbocycles. The van der Waals surface area contributed by atoms with Gasteiger partial charge in [0.05, 0.1) is 12.1 Å². The monoisotopic (exact) mass is 254 g/mol. The van der Waals surface area contributed by atoms with Crippen LogP contribution in [0.4, 0.5) is 0 Å². The summed E-state index contributed by atoms with van der Waals surface area (Å²) >= 11 is 0. The Morgan fingerprint density at radius 3 is 2.56 bits per heavy atom. The number of hydrogen-bond donors (Lipinski definition) is 2. The molecule has 100 valence electrons. The maximum absolute atomic E-state index is 11.4. The summed E-state index contributed by atoms with van der Waals surface area (Å²) in [4.78, 5) is 21.7. The number of carboxylic acids is 1. The fourth-order valence-electron chi connectivity index (χ4n) is 1.87. The zero-order valence-electron chi connectivity index (χ0n) is 10.8. The summed E-state index contributed by atoms with van der Waals surface area (Å²) in [7, 11) is 0. The lowest BCUT2D eigenvalue weighted by molar-refractivity contribution is -0.138. The van der Waals surface area contributed by atoms with Gasteiger partial charge in [0.2, 0.25) is 5.91 Å². The number of nitrogens with one attached hydrogen (secondary N) is 1. The Hall–Kier alpha value is -1.85. The van der Waals surface area contributed by atoms with Gasteiger partial charge < -0.3 is 14.9 Å². The molecule has 0 aliphatic heterocycles. The first-order valence-corrected chi connectivity index (χ1v) is 5.83. The second kappa shape index (κ2) is 6.18. The number of aliphatic carboxylic acids is 1. The van der Waals surface area contributed by atoms with Crippen molar-refractivity contribution in [3.8, 4) is 0 Å². The van der Waals surface area contributed by atoms with Crippen LogP contribution >= 0.6 is 0 Å². The minimum atomic E-state index is -0.969. The molecule has 1 heterocycles. The van der Waals surface area contributed by atoms with Crippen LogP contribution in [0.2, 0.25) is 0 Å². The molecule has 6 nitrogen and oxygen atoms in total. The van der Waals surface area contributed by atoms with Crippen molar-refractivity contribution in [3.63, 3.8) is 0 Å². The molecule has 0 aromatic carbocycles. The highest BCUT2D eigenvalue weighted by Gasteiger charge is 2.17. The lowest BCUT2D eigenvalue weighted by Crippen LogP contribution is -2.28. The van der Waals surface area contributed by atoms with Gasteiger partial charge in [0, 0.05) is 24.4 Å². The van der Waals surface area contributed by atoms with Crippen molar-refractivity contribution in [2.75, 3.05) is 6.54 Å². The van der Waals surface area contributed by atoms with Crippen LogP contribution in [0.15, 0.2) is 4.52 Å². The van der Waals surface area contributed by atoms with Crippen molar-refractivity contribution in [2.24, 2.45) is 0 Å². The Morgan fingerprint density at radius 1 is 1.39 bits per heavy atom. The normalized spacial score (nSPS) is 12.2. The molecular formula is C12H18N2O4. The first kappa shape index (κ1) is 14.2. The van der Waals surface area contributed by atoms with Gasteiger partial charge in [-0.15, -0.1) is 0 Å². The van der Waals surface area contributed by atoms with E-state index < -0.39 is 5.97 Å². The van der Waals surface area contributed by atoms with Gasteiger partial charge in [0.1, 0.15) is 5.76 Å². The number of carbonyl (C=O) groups excluding carboxylic acids is 1. The largest absolute Gasteiger partial charge is 0.481 e. The van der Waals surface area contributed by atoms with Gasteiger partial charge in [-0.3, -0.25) is 9.59 Å². The number of carboxylic acid groups (broad SMARTS) is 1. The highest BCUT2D eigenvalue weighted by Crippen LogP contribution is 2.22. The van der Waals surface area contributed by atoms with Crippen LogP contribution in [0.3, 0.4) is 0 Å². The molecule has 1 atom stereocenters. The third-order valence-electron chi connectivity index (χ3n) is 2.75. The van der Waals surface area contributed by atoms with Crippen LogP contribution in [0, 0.1) is 13.8 Å². The molecule has 0 spiro atoms. The van der Waals surface area contributed by atoms with Crippen molar-refractivity contribution in [1.82, 2.24) is 10.5 Å². The van der Waals surface area contributed by atoms with Crippen LogP contribution in [-0.2, 0) is 9.59 Å². The molecule has 0 aliphatic carbocycles. The molecule has 0 saturated heterocycles. The molecule has 18 heavy (non-hydrogen) atoms. The number of hydrogen-bond acceptors (Lipinski definition) is 4. The van der Waals surface area contributed by atoms with Crippen LogP contribution in [0.1, 0.15) is 42.7 Å². The Balaban J connectivity index is 2.44. The summed E-state index contributed by atoms with van der Waals surface area (Å²) < 4.78 is 5.06. The number of nitrogens with zero attached hydrogens (tertiary/aromatic N) is 1. The van der Waals surface area contributed by atoms with E-state index in [9.17, 15) is 9.59 Å². The third kappa shape index (κ3) is 3.87. The zero-order chi connectivity index (χ0) is 13.7. The molecule has 0 bridgehead atoms. The van der Waals surface area contributed by atoms with Crippen molar-refractivity contribution < 1.29 is 19.2 Å². The van der Waals surface area contributed by atoms with Crippen molar-refractivity contribution in [2.45, 2.75) is 39.5 Å². The smallest absolute Gasteiger partial charge is 0.303 e. The number of carbonyl (C=O) groups is 2. The van der Waals surface area contributed by atoms with E-state index in [0.717, 1.165) is 17.0 Å². The fraction of sp³-hybridized carbons (Fsp3) is 0.583. The summed E-state index contributed by atoms with van der Waals surface area (Å²) in [6.45, 7) is 6.10. The van der Waals surface area contributed by atoms with Gasteiger partial charge in [-0.25, -0.2) is 0 Å². The SMILES string of the molecule is Cc1noc(C)c1C(C)CNC(=O)CCC(=O)O. The molecule has 1 aromatic rings. The number of amides is 1. The van der Waals surface area contributed by atoms with E-state index in [-0.39, 0.29) is 24.7 Å². The Morgan fingerprint density at radius 2 is 2.06 bits per heavy atom. The topological polar surface area (TPSA) is 92.4 Å². The molecule has 1 rings (SSSR count). The first-order chi connectivity index (χ1) is 8.41. The van der Waals surface area contributed by atoms with Gasteiger partial charge in [0.25, 0.3) is 0 Å². The minimum absolute atomic E-state index is 0.00363. The highest BCUT2D eigenvalue weighted by atomic mass is 16.5. The summed E-state index contributed by atoms with van der Waals surface area (Å²) in [5, 5.41) is 15.0. The van der Waals surface area contributed by atoms with E-state index in [4.69, 9.17) is 9.63 Å². The average molecular weight is 254 g/mol. The highest BCUT2D eigenvalue weighted by molar-refractivity contribution is 5.80. The summed E-state index contributed by atoms with van der Waals surface area (Å²) in [5.41, 5.74) is 1.81. The van der Waals surface area contributed by atoms with Gasteiger partial charge in [-0.1, -0.05) is 12.1 Å². The second-order valence-corrected chi connectivity index (χ2v) is 4.34. The number of aryl methyl sites for hydroxylation is 2. The van der Waals surface area contributed by atoms with E-state index in [2.05, 4.69) is 10.5 Å². The van der Waals surface area contributed by atoms with Gasteiger partial charge >= 0.3 is 5.97 Å². The Labute approximate surface area is 105 Å². The molecular weight excluding hydrogens is 236 g/mol. The maximum atomic E-state index is 11.4. The number of aromatic nitrogens is 1.